The molecule has 2 atom stereocenters. The average Bonchev–Trinajstić information content (AvgIpc) is 2.60. The molecular weight excluding hydrogens is 240 g/mol. The summed E-state index contributed by atoms with van der Waals surface area (Å²) in [5, 5.41) is 10.9. The fraction of sp³-hybridized carbons (Fsp3) is 0.750. The van der Waals surface area contributed by atoms with E-state index >= 15 is 0 Å². The molecule has 1 fully saturated rings. The zero-order valence-corrected chi connectivity index (χ0v) is 12.9. The van der Waals surface area contributed by atoms with Gasteiger partial charge in [0.25, 0.3) is 0 Å². The Morgan fingerprint density at radius 3 is 2.50 bits per heavy atom. The fourth-order valence-corrected chi connectivity index (χ4v) is 4.96. The highest BCUT2D eigenvalue weighted by Crippen LogP contribution is 2.45. The first kappa shape index (κ1) is 14.1. The Hall–Kier alpha value is -0.340. The van der Waals surface area contributed by atoms with Gasteiger partial charge < -0.3 is 5.11 Å². The van der Waals surface area contributed by atoms with Crippen LogP contribution < -0.4 is 0 Å². The molecule has 2 rings (SSSR count). The molecule has 1 aliphatic rings. The van der Waals surface area contributed by atoms with E-state index in [1.54, 1.807) is 0 Å². The van der Waals surface area contributed by atoms with Gasteiger partial charge in [-0.15, -0.1) is 11.3 Å². The predicted octanol–water partition coefficient (Wildman–Crippen LogP) is 4.43. The zero-order valence-electron chi connectivity index (χ0n) is 12.1. The van der Waals surface area contributed by atoms with Crippen LogP contribution in [0, 0.1) is 11.3 Å². The van der Waals surface area contributed by atoms with E-state index in [-0.39, 0.29) is 5.41 Å². The van der Waals surface area contributed by atoms with Crippen molar-refractivity contribution in [2.45, 2.75) is 65.4 Å². The van der Waals surface area contributed by atoms with E-state index in [2.05, 4.69) is 39.8 Å². The van der Waals surface area contributed by atoms with E-state index < -0.39 is 5.60 Å². The molecule has 0 saturated heterocycles. The van der Waals surface area contributed by atoms with E-state index in [0.717, 1.165) is 25.7 Å². The standard InChI is InChI=1S/C16H26OS/c1-5-13-6-7-14(18-13)10-16(17)9-12(2)8-15(3,4)11-16/h6-7,12,17H,5,8-11H2,1-4H3. The lowest BCUT2D eigenvalue weighted by Crippen LogP contribution is -2.43. The molecule has 0 bridgehead atoms. The molecule has 0 radical (unpaired) electrons. The second-order valence-electron chi connectivity index (χ2n) is 6.98. The van der Waals surface area contributed by atoms with Crippen molar-refractivity contribution in [3.8, 4) is 0 Å². The molecule has 1 aliphatic carbocycles. The normalized spacial score (nSPS) is 31.5. The summed E-state index contributed by atoms with van der Waals surface area (Å²) < 4.78 is 0. The Labute approximate surface area is 115 Å². The molecule has 0 aliphatic heterocycles. The number of rotatable bonds is 3. The van der Waals surface area contributed by atoms with Crippen LogP contribution in [-0.4, -0.2) is 10.7 Å². The van der Waals surface area contributed by atoms with Gasteiger partial charge in [0.05, 0.1) is 5.60 Å². The number of aryl methyl sites for hydroxylation is 1. The van der Waals surface area contributed by atoms with Crippen LogP contribution in [0.15, 0.2) is 12.1 Å². The lowest BCUT2D eigenvalue weighted by molar-refractivity contribution is -0.0569. The van der Waals surface area contributed by atoms with Crippen molar-refractivity contribution in [3.05, 3.63) is 21.9 Å². The third kappa shape index (κ3) is 3.36. The molecule has 1 aromatic heterocycles. The predicted molar refractivity (Wildman–Crippen MR) is 79.1 cm³/mol. The molecule has 1 saturated carbocycles. The molecule has 2 unspecified atom stereocenters. The van der Waals surface area contributed by atoms with Crippen LogP contribution >= 0.6 is 11.3 Å². The summed E-state index contributed by atoms with van der Waals surface area (Å²) in [5.74, 6) is 0.629. The first-order valence-electron chi connectivity index (χ1n) is 7.12. The van der Waals surface area contributed by atoms with Crippen molar-refractivity contribution < 1.29 is 5.11 Å². The molecule has 1 N–H and O–H groups in total. The summed E-state index contributed by atoms with van der Waals surface area (Å²) >= 11 is 1.87. The maximum atomic E-state index is 10.9. The largest absolute Gasteiger partial charge is 0.389 e. The third-order valence-corrected chi connectivity index (χ3v) is 5.24. The van der Waals surface area contributed by atoms with Crippen molar-refractivity contribution in [2.24, 2.45) is 11.3 Å². The molecule has 102 valence electrons. The van der Waals surface area contributed by atoms with Gasteiger partial charge in [-0.05, 0) is 49.1 Å². The Morgan fingerprint density at radius 2 is 1.94 bits per heavy atom. The van der Waals surface area contributed by atoms with Crippen LogP contribution in [0.1, 0.15) is 56.7 Å². The van der Waals surface area contributed by atoms with Crippen LogP contribution in [0.4, 0.5) is 0 Å². The zero-order chi connectivity index (χ0) is 13.4. The van der Waals surface area contributed by atoms with Crippen molar-refractivity contribution in [3.63, 3.8) is 0 Å². The van der Waals surface area contributed by atoms with Crippen molar-refractivity contribution in [2.75, 3.05) is 0 Å². The summed E-state index contributed by atoms with van der Waals surface area (Å²) in [6.07, 6.45) is 5.07. The second kappa shape index (κ2) is 4.97. The smallest absolute Gasteiger partial charge is 0.0703 e. The molecule has 1 heterocycles. The minimum atomic E-state index is -0.489. The van der Waals surface area contributed by atoms with Crippen LogP contribution in [0.5, 0.6) is 0 Å². The fourth-order valence-electron chi connectivity index (χ4n) is 3.87. The van der Waals surface area contributed by atoms with Gasteiger partial charge >= 0.3 is 0 Å². The average molecular weight is 266 g/mol. The van der Waals surface area contributed by atoms with Gasteiger partial charge in [0.2, 0.25) is 0 Å². The van der Waals surface area contributed by atoms with Gasteiger partial charge in [-0.2, -0.15) is 0 Å². The summed E-state index contributed by atoms with van der Waals surface area (Å²) in [5.41, 5.74) is -0.214. The Balaban J connectivity index is 2.10. The first-order valence-corrected chi connectivity index (χ1v) is 7.93. The maximum absolute atomic E-state index is 10.9. The van der Waals surface area contributed by atoms with E-state index in [0.29, 0.717) is 5.92 Å². The van der Waals surface area contributed by atoms with Crippen LogP contribution in [-0.2, 0) is 12.8 Å². The first-order chi connectivity index (χ1) is 8.32. The SMILES string of the molecule is CCc1ccc(CC2(O)CC(C)CC(C)(C)C2)s1. The highest BCUT2D eigenvalue weighted by Gasteiger charge is 2.41. The quantitative estimate of drug-likeness (QED) is 0.858. The molecular formula is C16H26OS. The Morgan fingerprint density at radius 1 is 1.28 bits per heavy atom. The highest BCUT2D eigenvalue weighted by atomic mass is 32.1. The van der Waals surface area contributed by atoms with Crippen LogP contribution in [0.25, 0.3) is 0 Å². The van der Waals surface area contributed by atoms with Gasteiger partial charge in [-0.1, -0.05) is 27.7 Å². The molecule has 0 amide bonds. The lowest BCUT2D eigenvalue weighted by Gasteiger charge is -2.44. The maximum Gasteiger partial charge on any atom is 0.0703 e. The van der Waals surface area contributed by atoms with E-state index in [9.17, 15) is 5.11 Å². The summed E-state index contributed by atoms with van der Waals surface area (Å²) in [6.45, 7) is 9.05. The van der Waals surface area contributed by atoms with Crippen molar-refractivity contribution in [1.29, 1.82) is 0 Å². The van der Waals surface area contributed by atoms with Gasteiger partial charge in [-0.3, -0.25) is 0 Å². The Bertz CT molecular complexity index is 407. The van der Waals surface area contributed by atoms with Crippen LogP contribution in [0.3, 0.4) is 0 Å². The molecule has 2 heteroatoms. The van der Waals surface area contributed by atoms with Crippen LogP contribution in [0.2, 0.25) is 0 Å². The molecule has 0 spiro atoms. The molecule has 1 aromatic rings. The number of hydrogen-bond donors (Lipinski definition) is 1. The molecule has 1 nitrogen and oxygen atoms in total. The van der Waals surface area contributed by atoms with Crippen molar-refractivity contribution in [1.82, 2.24) is 0 Å². The summed E-state index contributed by atoms with van der Waals surface area (Å²) in [4.78, 5) is 2.77. The summed E-state index contributed by atoms with van der Waals surface area (Å²) in [6, 6.07) is 4.41. The topological polar surface area (TPSA) is 20.2 Å². The summed E-state index contributed by atoms with van der Waals surface area (Å²) in [7, 11) is 0. The molecule has 0 aromatic carbocycles. The van der Waals surface area contributed by atoms with Crippen molar-refractivity contribution >= 4 is 11.3 Å². The molecule has 18 heavy (non-hydrogen) atoms. The Kier molecular flexibility index (Phi) is 3.89. The number of hydrogen-bond acceptors (Lipinski definition) is 2. The van der Waals surface area contributed by atoms with Gasteiger partial charge in [-0.25, -0.2) is 0 Å². The highest BCUT2D eigenvalue weighted by molar-refractivity contribution is 7.12. The van der Waals surface area contributed by atoms with E-state index in [4.69, 9.17) is 0 Å². The monoisotopic (exact) mass is 266 g/mol. The van der Waals surface area contributed by atoms with Gasteiger partial charge in [0, 0.05) is 16.2 Å². The third-order valence-electron chi connectivity index (χ3n) is 4.01. The number of thiophene rings is 1. The number of aliphatic hydroxyl groups is 1. The minimum absolute atomic E-state index is 0.275. The van der Waals surface area contributed by atoms with Gasteiger partial charge in [0.1, 0.15) is 0 Å². The van der Waals surface area contributed by atoms with E-state index in [1.165, 1.54) is 16.2 Å². The van der Waals surface area contributed by atoms with Gasteiger partial charge in [0.15, 0.2) is 0 Å². The minimum Gasteiger partial charge on any atom is -0.389 e. The lowest BCUT2D eigenvalue weighted by atomic mass is 9.65. The second-order valence-corrected chi connectivity index (χ2v) is 8.23. The van der Waals surface area contributed by atoms with E-state index in [1.807, 2.05) is 11.3 Å².